The lowest BCUT2D eigenvalue weighted by atomic mass is 9.71. The molecule has 5 rings (SSSR count). The summed E-state index contributed by atoms with van der Waals surface area (Å²) in [5.74, 6) is 3.02. The fraction of sp³-hybridized carbons (Fsp3) is 0.269. The van der Waals surface area contributed by atoms with E-state index in [2.05, 4.69) is 36.2 Å². The average molecular weight is 425 g/mol. The normalized spacial score (nSPS) is 19.2. The molecular formula is C26H24N4O2. The predicted octanol–water partition coefficient (Wildman–Crippen LogP) is 3.91. The number of carbonyl (C=O) groups excluding carboxylic acids is 2. The highest BCUT2D eigenvalue weighted by molar-refractivity contribution is 6.16. The van der Waals surface area contributed by atoms with Gasteiger partial charge in [0.1, 0.15) is 11.2 Å². The fourth-order valence-electron chi connectivity index (χ4n) is 4.90. The zero-order chi connectivity index (χ0) is 22.6. The third-order valence-electron chi connectivity index (χ3n) is 6.55. The Morgan fingerprint density at radius 1 is 1.16 bits per heavy atom. The van der Waals surface area contributed by atoms with Gasteiger partial charge >= 0.3 is 0 Å². The standard InChI is InChI=1S/C26H24N4O2/c1-5-12-29-22-11-10-18(16(2)3)13-19(22)26(25(29)32)14-23(31)28-24-20(26)15-27-30(24)21-9-7-6-8-17(21)4/h1,6-11,13,15-16H,12,14H2,2-4H3,(H,28,31). The molecule has 6 heteroatoms. The summed E-state index contributed by atoms with van der Waals surface area (Å²) in [4.78, 5) is 28.6. The van der Waals surface area contributed by atoms with E-state index in [9.17, 15) is 9.59 Å². The molecule has 6 nitrogen and oxygen atoms in total. The molecule has 0 saturated heterocycles. The summed E-state index contributed by atoms with van der Waals surface area (Å²) >= 11 is 0. The Hall–Kier alpha value is -3.85. The third kappa shape index (κ3) is 2.64. The minimum atomic E-state index is -1.14. The summed E-state index contributed by atoms with van der Waals surface area (Å²) in [6.07, 6.45) is 7.34. The molecule has 0 saturated carbocycles. The Balaban J connectivity index is 1.79. The Bertz CT molecular complexity index is 1310. The molecule has 1 unspecified atom stereocenters. The van der Waals surface area contributed by atoms with Gasteiger partial charge in [0.25, 0.3) is 0 Å². The van der Waals surface area contributed by atoms with Gasteiger partial charge in [-0.1, -0.05) is 50.1 Å². The number of benzene rings is 2. The lowest BCUT2D eigenvalue weighted by Crippen LogP contribution is -2.46. The van der Waals surface area contributed by atoms with Crippen molar-refractivity contribution in [3.63, 3.8) is 0 Å². The second kappa shape index (κ2) is 7.10. The van der Waals surface area contributed by atoms with E-state index in [4.69, 9.17) is 6.42 Å². The van der Waals surface area contributed by atoms with Gasteiger partial charge in [-0.15, -0.1) is 6.42 Å². The number of hydrogen-bond acceptors (Lipinski definition) is 3. The lowest BCUT2D eigenvalue weighted by molar-refractivity contribution is -0.126. The molecule has 32 heavy (non-hydrogen) atoms. The summed E-state index contributed by atoms with van der Waals surface area (Å²) in [5, 5.41) is 7.58. The molecule has 0 bridgehead atoms. The van der Waals surface area contributed by atoms with Gasteiger partial charge < -0.3 is 5.32 Å². The molecule has 160 valence electrons. The fourth-order valence-corrected chi connectivity index (χ4v) is 4.90. The van der Waals surface area contributed by atoms with Crippen LogP contribution in [0.5, 0.6) is 0 Å². The number of anilines is 2. The number of rotatable bonds is 3. The number of fused-ring (bicyclic) bond motifs is 4. The molecule has 2 aliphatic heterocycles. The van der Waals surface area contributed by atoms with Crippen molar-refractivity contribution in [3.05, 3.63) is 70.9 Å². The van der Waals surface area contributed by atoms with E-state index in [-0.39, 0.29) is 30.7 Å². The third-order valence-corrected chi connectivity index (χ3v) is 6.55. The summed E-state index contributed by atoms with van der Waals surface area (Å²) in [5.41, 5.74) is 4.13. The summed E-state index contributed by atoms with van der Waals surface area (Å²) in [6.45, 7) is 6.36. The minimum Gasteiger partial charge on any atom is -0.310 e. The largest absolute Gasteiger partial charge is 0.310 e. The van der Waals surface area contributed by atoms with Crippen LogP contribution in [0, 0.1) is 19.3 Å². The summed E-state index contributed by atoms with van der Waals surface area (Å²) < 4.78 is 1.71. The van der Waals surface area contributed by atoms with E-state index in [0.717, 1.165) is 28.1 Å². The maximum absolute atomic E-state index is 13.9. The molecule has 3 heterocycles. The van der Waals surface area contributed by atoms with Crippen LogP contribution in [0.3, 0.4) is 0 Å². The monoisotopic (exact) mass is 424 g/mol. The summed E-state index contributed by atoms with van der Waals surface area (Å²) in [6, 6.07) is 13.9. The SMILES string of the molecule is C#CCN1C(=O)C2(CC(=O)Nc3c2cnn3-c2ccccc2C)c2cc(C(C)C)ccc21. The molecule has 2 amide bonds. The molecule has 1 atom stereocenters. The highest BCUT2D eigenvalue weighted by Crippen LogP contribution is 2.53. The van der Waals surface area contributed by atoms with Crippen molar-refractivity contribution in [1.29, 1.82) is 0 Å². The van der Waals surface area contributed by atoms with Crippen LogP contribution < -0.4 is 10.2 Å². The number of amides is 2. The first-order valence-corrected chi connectivity index (χ1v) is 10.7. The summed E-state index contributed by atoms with van der Waals surface area (Å²) in [7, 11) is 0. The van der Waals surface area contributed by atoms with Crippen LogP contribution in [-0.4, -0.2) is 28.1 Å². The molecule has 2 aromatic carbocycles. The van der Waals surface area contributed by atoms with E-state index in [1.54, 1.807) is 15.8 Å². The maximum Gasteiger partial charge on any atom is 0.243 e. The van der Waals surface area contributed by atoms with Crippen LogP contribution in [0.1, 0.15) is 48.4 Å². The first kappa shape index (κ1) is 20.1. The van der Waals surface area contributed by atoms with E-state index < -0.39 is 5.41 Å². The van der Waals surface area contributed by atoms with Gasteiger partial charge in [0.05, 0.1) is 18.4 Å². The van der Waals surface area contributed by atoms with E-state index >= 15 is 0 Å². The Morgan fingerprint density at radius 2 is 1.94 bits per heavy atom. The molecule has 3 aromatic rings. The second-order valence-electron chi connectivity index (χ2n) is 8.76. The van der Waals surface area contributed by atoms with Crippen molar-refractivity contribution in [2.75, 3.05) is 16.8 Å². The van der Waals surface area contributed by atoms with Gasteiger partial charge in [0.15, 0.2) is 0 Å². The van der Waals surface area contributed by atoms with Gasteiger partial charge in [0, 0.05) is 17.7 Å². The Morgan fingerprint density at radius 3 is 2.66 bits per heavy atom. The van der Waals surface area contributed by atoms with Crippen LogP contribution in [0.4, 0.5) is 11.5 Å². The average Bonchev–Trinajstić information content (AvgIpc) is 3.28. The van der Waals surface area contributed by atoms with E-state index in [1.165, 1.54) is 0 Å². The van der Waals surface area contributed by atoms with Gasteiger partial charge in [-0.05, 0) is 41.7 Å². The van der Waals surface area contributed by atoms with Crippen molar-refractivity contribution in [2.24, 2.45) is 0 Å². The second-order valence-corrected chi connectivity index (χ2v) is 8.76. The number of nitrogens with zero attached hydrogens (tertiary/aromatic N) is 3. The molecule has 0 radical (unpaired) electrons. The molecule has 2 aliphatic rings. The van der Waals surface area contributed by atoms with Gasteiger partial charge in [-0.3, -0.25) is 14.5 Å². The Labute approximate surface area is 187 Å². The van der Waals surface area contributed by atoms with Crippen molar-refractivity contribution in [2.45, 2.75) is 38.5 Å². The van der Waals surface area contributed by atoms with Gasteiger partial charge in [-0.2, -0.15) is 5.10 Å². The zero-order valence-corrected chi connectivity index (χ0v) is 18.3. The first-order chi connectivity index (χ1) is 15.4. The van der Waals surface area contributed by atoms with Gasteiger partial charge in [-0.25, -0.2) is 4.68 Å². The van der Waals surface area contributed by atoms with Crippen LogP contribution in [-0.2, 0) is 15.0 Å². The van der Waals surface area contributed by atoms with Crippen LogP contribution in [0.15, 0.2) is 48.7 Å². The number of aromatic nitrogens is 2. The number of hydrogen-bond donors (Lipinski definition) is 1. The zero-order valence-electron chi connectivity index (χ0n) is 18.3. The number of nitrogens with one attached hydrogen (secondary N) is 1. The maximum atomic E-state index is 13.9. The van der Waals surface area contributed by atoms with Crippen LogP contribution >= 0.6 is 0 Å². The number of terminal acetylenes is 1. The van der Waals surface area contributed by atoms with Crippen molar-refractivity contribution in [3.8, 4) is 18.0 Å². The van der Waals surface area contributed by atoms with Crippen molar-refractivity contribution in [1.82, 2.24) is 9.78 Å². The molecule has 1 N–H and O–H groups in total. The number of para-hydroxylation sites is 1. The van der Waals surface area contributed by atoms with E-state index in [0.29, 0.717) is 11.4 Å². The minimum absolute atomic E-state index is 0.0217. The molecule has 1 spiro atoms. The van der Waals surface area contributed by atoms with Crippen molar-refractivity contribution >= 4 is 23.3 Å². The lowest BCUT2D eigenvalue weighted by Gasteiger charge is -2.32. The molecular weight excluding hydrogens is 400 g/mol. The highest BCUT2D eigenvalue weighted by Gasteiger charge is 2.57. The van der Waals surface area contributed by atoms with Crippen LogP contribution in [0.25, 0.3) is 5.69 Å². The Kier molecular flexibility index (Phi) is 4.45. The molecule has 0 aliphatic carbocycles. The van der Waals surface area contributed by atoms with Gasteiger partial charge in [0.2, 0.25) is 11.8 Å². The van der Waals surface area contributed by atoms with Crippen LogP contribution in [0.2, 0.25) is 0 Å². The number of carbonyl (C=O) groups is 2. The molecule has 0 fully saturated rings. The quantitative estimate of drug-likeness (QED) is 0.648. The first-order valence-electron chi connectivity index (χ1n) is 10.7. The van der Waals surface area contributed by atoms with Crippen molar-refractivity contribution < 1.29 is 9.59 Å². The molecule has 1 aromatic heterocycles. The topological polar surface area (TPSA) is 67.2 Å². The predicted molar refractivity (Wildman–Crippen MR) is 124 cm³/mol. The number of aryl methyl sites for hydroxylation is 1. The smallest absolute Gasteiger partial charge is 0.243 e. The highest BCUT2D eigenvalue weighted by atomic mass is 16.2. The van der Waals surface area contributed by atoms with E-state index in [1.807, 2.05) is 43.3 Å².